The van der Waals surface area contributed by atoms with Gasteiger partial charge in [-0.05, 0) is 75.8 Å². The monoisotopic (exact) mass is 392 g/mol. The Morgan fingerprint density at radius 1 is 1.19 bits per heavy atom. The Morgan fingerprint density at radius 3 is 2.33 bits per heavy atom. The maximum absolute atomic E-state index is 13.0. The van der Waals surface area contributed by atoms with Crippen molar-refractivity contribution in [2.45, 2.75) is 64.3 Å². The summed E-state index contributed by atoms with van der Waals surface area (Å²) in [5.74, 6) is 1.87. The summed E-state index contributed by atoms with van der Waals surface area (Å²) in [7, 11) is -2.22. The number of fused-ring (bicyclic) bond motifs is 2. The standard InChI is InChI=1S/C21H32N2O3S/c1-13-8-14(2)21(15(3)9-13)27(25,26)23(5)12-20(24)22-16(4)19-11-17-6-7-18(19)10-17/h8-9,16-19H,6-7,10-12H2,1-5H3,(H,22,24)/t16-,17-,18-,19+/m0/s1. The van der Waals surface area contributed by atoms with Crippen LogP contribution in [0, 0.1) is 38.5 Å². The second kappa shape index (κ2) is 7.55. The molecule has 0 saturated heterocycles. The van der Waals surface area contributed by atoms with Crippen molar-refractivity contribution >= 4 is 15.9 Å². The minimum absolute atomic E-state index is 0.103. The molecule has 0 radical (unpaired) electrons. The molecular formula is C21H32N2O3S. The van der Waals surface area contributed by atoms with Crippen LogP contribution in [0.15, 0.2) is 17.0 Å². The van der Waals surface area contributed by atoms with Gasteiger partial charge in [-0.15, -0.1) is 0 Å². The van der Waals surface area contributed by atoms with Crippen molar-refractivity contribution in [2.24, 2.45) is 17.8 Å². The summed E-state index contributed by atoms with van der Waals surface area (Å²) in [6.45, 7) is 7.47. The smallest absolute Gasteiger partial charge is 0.243 e. The van der Waals surface area contributed by atoms with Crippen LogP contribution in [-0.2, 0) is 14.8 Å². The highest BCUT2D eigenvalue weighted by atomic mass is 32.2. The molecule has 27 heavy (non-hydrogen) atoms. The van der Waals surface area contributed by atoms with Crippen LogP contribution in [0.2, 0.25) is 0 Å². The van der Waals surface area contributed by atoms with Gasteiger partial charge in [-0.3, -0.25) is 4.79 Å². The Morgan fingerprint density at radius 2 is 1.81 bits per heavy atom. The summed E-state index contributed by atoms with van der Waals surface area (Å²) >= 11 is 0. The summed E-state index contributed by atoms with van der Waals surface area (Å²) in [6, 6.07) is 3.84. The van der Waals surface area contributed by atoms with Gasteiger partial charge in [-0.25, -0.2) is 8.42 Å². The van der Waals surface area contributed by atoms with E-state index >= 15 is 0 Å². The van der Waals surface area contributed by atoms with Gasteiger partial charge < -0.3 is 5.32 Å². The highest BCUT2D eigenvalue weighted by Gasteiger charge is 2.42. The summed E-state index contributed by atoms with van der Waals surface area (Å²) in [6.07, 6.45) is 5.10. The van der Waals surface area contributed by atoms with E-state index in [0.717, 1.165) is 28.5 Å². The van der Waals surface area contributed by atoms with Crippen molar-refractivity contribution in [1.82, 2.24) is 9.62 Å². The van der Waals surface area contributed by atoms with Crippen LogP contribution in [0.3, 0.4) is 0 Å². The average molecular weight is 393 g/mol. The molecule has 0 heterocycles. The summed E-state index contributed by atoms with van der Waals surface area (Å²) in [5.41, 5.74) is 2.47. The first-order valence-corrected chi connectivity index (χ1v) is 11.4. The number of rotatable bonds is 6. The molecule has 2 aliphatic rings. The molecule has 1 N–H and O–H groups in total. The normalized spacial score (nSPS) is 25.8. The van der Waals surface area contributed by atoms with Gasteiger partial charge >= 0.3 is 0 Å². The molecule has 2 aliphatic carbocycles. The topological polar surface area (TPSA) is 66.5 Å². The lowest BCUT2D eigenvalue weighted by molar-refractivity contribution is -0.122. The number of aryl methyl sites for hydroxylation is 3. The van der Waals surface area contributed by atoms with Crippen molar-refractivity contribution in [3.05, 3.63) is 28.8 Å². The van der Waals surface area contributed by atoms with E-state index in [9.17, 15) is 13.2 Å². The number of hydrogen-bond donors (Lipinski definition) is 1. The van der Waals surface area contributed by atoms with Crippen molar-refractivity contribution in [3.8, 4) is 0 Å². The highest BCUT2D eigenvalue weighted by Crippen LogP contribution is 2.49. The van der Waals surface area contributed by atoms with Crippen LogP contribution in [0.25, 0.3) is 0 Å². The summed E-state index contributed by atoms with van der Waals surface area (Å²) in [5, 5.41) is 3.05. The van der Waals surface area contributed by atoms with Gasteiger partial charge in [-0.1, -0.05) is 24.1 Å². The Balaban J connectivity index is 1.65. The van der Waals surface area contributed by atoms with E-state index < -0.39 is 10.0 Å². The predicted octanol–water partition coefficient (Wildman–Crippen LogP) is 3.17. The Bertz CT molecular complexity index is 811. The molecular weight excluding hydrogens is 360 g/mol. The SMILES string of the molecule is Cc1cc(C)c(S(=O)(=O)N(C)CC(=O)N[C@@H](C)[C@H]2C[C@H]3CC[C@H]2C3)c(C)c1. The molecule has 1 aromatic carbocycles. The average Bonchev–Trinajstić information content (AvgIpc) is 3.16. The molecule has 5 nitrogen and oxygen atoms in total. The minimum Gasteiger partial charge on any atom is -0.352 e. The molecule has 6 heteroatoms. The first-order chi connectivity index (χ1) is 12.6. The lowest BCUT2D eigenvalue weighted by Crippen LogP contribution is -2.45. The number of nitrogens with one attached hydrogen (secondary N) is 1. The third-order valence-electron chi connectivity index (χ3n) is 6.46. The van der Waals surface area contributed by atoms with Crippen LogP contribution in [0.4, 0.5) is 0 Å². The van der Waals surface area contributed by atoms with Gasteiger partial charge in [0.25, 0.3) is 0 Å². The maximum atomic E-state index is 13.0. The Labute approximate surface area is 163 Å². The molecule has 2 bridgehead atoms. The molecule has 1 amide bonds. The van der Waals surface area contributed by atoms with Gasteiger partial charge in [0, 0.05) is 13.1 Å². The van der Waals surface area contributed by atoms with E-state index in [4.69, 9.17) is 0 Å². The lowest BCUT2D eigenvalue weighted by atomic mass is 9.84. The molecule has 2 saturated carbocycles. The number of carbonyl (C=O) groups is 1. The van der Waals surface area contributed by atoms with Gasteiger partial charge in [-0.2, -0.15) is 4.31 Å². The molecule has 4 atom stereocenters. The Hall–Kier alpha value is -1.40. The maximum Gasteiger partial charge on any atom is 0.243 e. The number of carbonyl (C=O) groups excluding carboxylic acids is 1. The van der Waals surface area contributed by atoms with Crippen LogP contribution in [-0.4, -0.2) is 38.3 Å². The number of hydrogen-bond acceptors (Lipinski definition) is 3. The number of likely N-dealkylation sites (N-methyl/N-ethyl adjacent to an activating group) is 1. The fourth-order valence-electron chi connectivity index (χ4n) is 5.33. The molecule has 1 aromatic rings. The predicted molar refractivity (Wildman–Crippen MR) is 107 cm³/mol. The fraction of sp³-hybridized carbons (Fsp3) is 0.667. The van der Waals surface area contributed by atoms with Crippen LogP contribution in [0.5, 0.6) is 0 Å². The van der Waals surface area contributed by atoms with E-state index in [0.29, 0.717) is 10.8 Å². The van der Waals surface area contributed by atoms with E-state index in [1.807, 2.05) is 19.1 Å². The second-order valence-corrected chi connectivity index (χ2v) is 10.7. The summed E-state index contributed by atoms with van der Waals surface area (Å²) < 4.78 is 27.2. The highest BCUT2D eigenvalue weighted by molar-refractivity contribution is 7.89. The first kappa shape index (κ1) is 20.3. The molecule has 0 aliphatic heterocycles. The third kappa shape index (κ3) is 4.06. The van der Waals surface area contributed by atoms with Gasteiger partial charge in [0.1, 0.15) is 0 Å². The molecule has 150 valence electrons. The molecule has 0 aromatic heterocycles. The Kier molecular flexibility index (Phi) is 5.69. The zero-order valence-electron chi connectivity index (χ0n) is 17.1. The largest absolute Gasteiger partial charge is 0.352 e. The summed E-state index contributed by atoms with van der Waals surface area (Å²) in [4.78, 5) is 12.8. The van der Waals surface area contributed by atoms with E-state index in [1.54, 1.807) is 13.8 Å². The minimum atomic E-state index is -3.70. The van der Waals surface area contributed by atoms with Crippen LogP contribution < -0.4 is 5.32 Å². The zero-order chi connectivity index (χ0) is 19.9. The van der Waals surface area contributed by atoms with Crippen molar-refractivity contribution in [3.63, 3.8) is 0 Å². The van der Waals surface area contributed by atoms with Crippen LogP contribution in [0.1, 0.15) is 49.3 Å². The number of amides is 1. The molecule has 2 fully saturated rings. The third-order valence-corrected chi connectivity index (χ3v) is 8.57. The number of nitrogens with zero attached hydrogens (tertiary/aromatic N) is 1. The van der Waals surface area contributed by atoms with E-state index in [1.165, 1.54) is 37.0 Å². The zero-order valence-corrected chi connectivity index (χ0v) is 17.9. The lowest BCUT2D eigenvalue weighted by Gasteiger charge is -2.29. The van der Waals surface area contributed by atoms with Crippen molar-refractivity contribution in [2.75, 3.05) is 13.6 Å². The van der Waals surface area contributed by atoms with Crippen molar-refractivity contribution in [1.29, 1.82) is 0 Å². The molecule has 3 rings (SSSR count). The first-order valence-electron chi connectivity index (χ1n) is 9.93. The fourth-order valence-corrected chi connectivity index (χ4v) is 6.86. The van der Waals surface area contributed by atoms with Crippen molar-refractivity contribution < 1.29 is 13.2 Å². The van der Waals surface area contributed by atoms with Gasteiger partial charge in [0.15, 0.2) is 0 Å². The molecule has 0 unspecified atom stereocenters. The quantitative estimate of drug-likeness (QED) is 0.809. The van der Waals surface area contributed by atoms with E-state index in [-0.39, 0.29) is 18.5 Å². The second-order valence-electron chi connectivity index (χ2n) is 8.68. The molecule has 0 spiro atoms. The number of sulfonamides is 1. The number of benzene rings is 1. The van der Waals surface area contributed by atoms with E-state index in [2.05, 4.69) is 12.2 Å². The van der Waals surface area contributed by atoms with Gasteiger partial charge in [0.2, 0.25) is 15.9 Å². The van der Waals surface area contributed by atoms with Gasteiger partial charge in [0.05, 0.1) is 11.4 Å². The van der Waals surface area contributed by atoms with Crippen LogP contribution >= 0.6 is 0 Å².